The van der Waals surface area contributed by atoms with Crippen molar-refractivity contribution in [3.63, 3.8) is 0 Å². The monoisotopic (exact) mass is 438 g/mol. The first-order valence-corrected chi connectivity index (χ1v) is 8.87. The van der Waals surface area contributed by atoms with Gasteiger partial charge in [0.25, 0.3) is 0 Å². The molecule has 0 rings (SSSR count). The second-order valence-electron chi connectivity index (χ2n) is 5.65. The van der Waals surface area contributed by atoms with E-state index in [-0.39, 0.29) is 84.8 Å². The van der Waals surface area contributed by atoms with Crippen LogP contribution in [0.3, 0.4) is 0 Å². The van der Waals surface area contributed by atoms with Crippen LogP contribution in [0.15, 0.2) is 0 Å². The minimum absolute atomic E-state index is 0. The van der Waals surface area contributed by atoms with E-state index in [1.54, 1.807) is 0 Å². The Balaban J connectivity index is -0.000000451. The van der Waals surface area contributed by atoms with E-state index < -0.39 is 24.4 Å². The van der Waals surface area contributed by atoms with Gasteiger partial charge >= 0.3 is 0 Å². The van der Waals surface area contributed by atoms with Gasteiger partial charge < -0.3 is 65.3 Å². The topological polar surface area (TPSA) is 230 Å². The first kappa shape index (κ1) is 33.1. The molecule has 0 radical (unpaired) electrons. The Morgan fingerprint density at radius 3 is 0.724 bits per heavy atom. The molecule has 0 amide bonds. The van der Waals surface area contributed by atoms with E-state index in [9.17, 15) is 0 Å². The van der Waals surface area contributed by atoms with Crippen LogP contribution >= 0.6 is 0 Å². The molecule has 0 fully saturated rings. The van der Waals surface area contributed by atoms with Crippen LogP contribution in [-0.4, -0.2) is 150 Å². The van der Waals surface area contributed by atoms with Crippen LogP contribution in [0.2, 0.25) is 0 Å². The summed E-state index contributed by atoms with van der Waals surface area (Å²) in [6, 6.07) is 0. The van der Waals surface area contributed by atoms with Crippen molar-refractivity contribution in [1.82, 2.24) is 0 Å². The maximum Gasteiger partial charge on any atom is 0.100 e. The fourth-order valence-electron chi connectivity index (χ4n) is 1.32. The summed E-state index contributed by atoms with van der Waals surface area (Å²) in [6.07, 6.45) is -3.45. The summed E-state index contributed by atoms with van der Waals surface area (Å²) in [7, 11) is 0. The van der Waals surface area contributed by atoms with Crippen molar-refractivity contribution in [2.24, 2.45) is 0 Å². The van der Waals surface area contributed by atoms with Crippen LogP contribution in [0.5, 0.6) is 0 Å². The highest BCUT2D eigenvalue weighted by molar-refractivity contribution is 4.51. The van der Waals surface area contributed by atoms with Gasteiger partial charge in [-0.3, -0.25) is 0 Å². The van der Waals surface area contributed by atoms with E-state index in [2.05, 4.69) is 0 Å². The highest BCUT2D eigenvalue weighted by Crippen LogP contribution is 1.88. The fourth-order valence-corrected chi connectivity index (χ4v) is 1.32. The molecule has 10 N–H and O–H groups in total. The molecule has 180 valence electrons. The number of hydrogen-bond donors (Lipinski definition) is 8. The van der Waals surface area contributed by atoms with Crippen LogP contribution in [0.1, 0.15) is 0 Å². The average Bonchev–Trinajstić information content (AvgIpc) is 2.72. The van der Waals surface area contributed by atoms with Crippen molar-refractivity contribution in [1.29, 1.82) is 0 Å². The molecule has 4 atom stereocenters. The highest BCUT2D eigenvalue weighted by atomic mass is 16.5. The number of aliphatic hydroxyl groups is 8. The minimum atomic E-state index is -0.863. The number of hydrogen-bond acceptors (Lipinski definition) is 12. The summed E-state index contributed by atoms with van der Waals surface area (Å²) in [6.45, 7) is 0.00677. The molecule has 0 aliphatic carbocycles. The predicted molar refractivity (Wildman–Crippen MR) is 99.3 cm³/mol. The molecular weight excluding hydrogens is 400 g/mol. The SMILES string of the molecule is O.OCC(O)COCCOCC(O)CO.OCC(O)COCCOCC(O)CO. The standard InChI is InChI=1S/2C8H18O6.H2O/c2*9-3-7(11)5-13-1-2-14-6-8(12)4-10;/h2*7-12H,1-6H2;1H2. The first-order valence-electron chi connectivity index (χ1n) is 8.87. The smallest absolute Gasteiger partial charge is 0.100 e. The molecular formula is C16H38O13. The lowest BCUT2D eigenvalue weighted by atomic mass is 10.4. The van der Waals surface area contributed by atoms with Crippen molar-refractivity contribution >= 4 is 0 Å². The molecule has 0 aromatic carbocycles. The minimum Gasteiger partial charge on any atom is -0.412 e. The molecule has 0 aromatic rings. The summed E-state index contributed by atoms with van der Waals surface area (Å²) in [5, 5.41) is 69.1. The van der Waals surface area contributed by atoms with Gasteiger partial charge in [0.05, 0.1) is 79.3 Å². The third-order valence-electron chi connectivity index (χ3n) is 2.83. The summed E-state index contributed by atoms with van der Waals surface area (Å²) in [5.74, 6) is 0. The molecule has 0 aromatic heterocycles. The van der Waals surface area contributed by atoms with Gasteiger partial charge in [0, 0.05) is 0 Å². The maximum atomic E-state index is 8.85. The Bertz CT molecular complexity index is 242. The quantitative estimate of drug-likeness (QED) is 0.0937. The van der Waals surface area contributed by atoms with Crippen LogP contribution < -0.4 is 0 Å². The lowest BCUT2D eigenvalue weighted by molar-refractivity contribution is -0.0354. The van der Waals surface area contributed by atoms with E-state index in [1.165, 1.54) is 0 Å². The number of rotatable bonds is 18. The second kappa shape index (κ2) is 25.5. The van der Waals surface area contributed by atoms with Gasteiger partial charge in [-0.25, -0.2) is 0 Å². The molecule has 0 heterocycles. The van der Waals surface area contributed by atoms with Crippen molar-refractivity contribution in [3.05, 3.63) is 0 Å². The Morgan fingerprint density at radius 2 is 0.586 bits per heavy atom. The van der Waals surface area contributed by atoms with Crippen LogP contribution in [0.25, 0.3) is 0 Å². The second-order valence-corrected chi connectivity index (χ2v) is 5.65. The summed E-state index contributed by atoms with van der Waals surface area (Å²) in [5.41, 5.74) is 0. The highest BCUT2D eigenvalue weighted by Gasteiger charge is 2.04. The Labute approximate surface area is 170 Å². The molecule has 29 heavy (non-hydrogen) atoms. The summed E-state index contributed by atoms with van der Waals surface area (Å²) in [4.78, 5) is 0. The Morgan fingerprint density at radius 1 is 0.414 bits per heavy atom. The van der Waals surface area contributed by atoms with Crippen LogP contribution in [-0.2, 0) is 18.9 Å². The molecule has 0 saturated carbocycles. The van der Waals surface area contributed by atoms with Gasteiger partial charge in [-0.1, -0.05) is 0 Å². The van der Waals surface area contributed by atoms with E-state index in [0.29, 0.717) is 0 Å². The molecule has 4 unspecified atom stereocenters. The largest absolute Gasteiger partial charge is 0.412 e. The lowest BCUT2D eigenvalue weighted by Gasteiger charge is -2.10. The summed E-state index contributed by atoms with van der Waals surface area (Å²) >= 11 is 0. The van der Waals surface area contributed by atoms with Gasteiger partial charge in [-0.2, -0.15) is 0 Å². The van der Waals surface area contributed by atoms with Crippen LogP contribution in [0.4, 0.5) is 0 Å². The van der Waals surface area contributed by atoms with E-state index in [0.717, 1.165) is 0 Å². The lowest BCUT2D eigenvalue weighted by Crippen LogP contribution is -2.23. The van der Waals surface area contributed by atoms with Crippen molar-refractivity contribution < 1.29 is 65.3 Å². The normalized spacial score (nSPS) is 14.9. The average molecular weight is 438 g/mol. The van der Waals surface area contributed by atoms with E-state index in [4.69, 9.17) is 59.8 Å². The Hall–Kier alpha value is -0.520. The van der Waals surface area contributed by atoms with E-state index in [1.807, 2.05) is 0 Å². The van der Waals surface area contributed by atoms with E-state index >= 15 is 0 Å². The molecule has 0 bridgehead atoms. The van der Waals surface area contributed by atoms with Gasteiger partial charge in [0.2, 0.25) is 0 Å². The number of ether oxygens (including phenoxy) is 4. The molecule has 0 spiro atoms. The zero-order chi connectivity index (χ0) is 21.6. The fraction of sp³-hybridized carbons (Fsp3) is 1.00. The summed E-state index contributed by atoms with van der Waals surface area (Å²) < 4.78 is 19.7. The molecule has 0 saturated heterocycles. The first-order chi connectivity index (χ1) is 13.4. The van der Waals surface area contributed by atoms with Gasteiger partial charge in [0.1, 0.15) is 24.4 Å². The van der Waals surface area contributed by atoms with Gasteiger partial charge in [-0.05, 0) is 0 Å². The van der Waals surface area contributed by atoms with Gasteiger partial charge in [0.15, 0.2) is 0 Å². The molecule has 13 nitrogen and oxygen atoms in total. The van der Waals surface area contributed by atoms with Crippen LogP contribution in [0, 0.1) is 0 Å². The molecule has 0 aliphatic rings. The zero-order valence-corrected chi connectivity index (χ0v) is 16.5. The van der Waals surface area contributed by atoms with Crippen molar-refractivity contribution in [2.75, 3.05) is 79.3 Å². The number of aliphatic hydroxyl groups excluding tert-OH is 8. The third-order valence-corrected chi connectivity index (χ3v) is 2.83. The molecule has 13 heteroatoms. The third kappa shape index (κ3) is 27.5. The maximum absolute atomic E-state index is 8.85. The zero-order valence-electron chi connectivity index (χ0n) is 16.5. The van der Waals surface area contributed by atoms with Gasteiger partial charge in [-0.15, -0.1) is 0 Å². The van der Waals surface area contributed by atoms with Crippen molar-refractivity contribution in [2.45, 2.75) is 24.4 Å². The Kier molecular flexibility index (Phi) is 29.1. The van der Waals surface area contributed by atoms with Crippen molar-refractivity contribution in [3.8, 4) is 0 Å². The predicted octanol–water partition coefficient (Wildman–Crippen LogP) is -5.37. The molecule has 0 aliphatic heterocycles.